The van der Waals surface area contributed by atoms with Crippen molar-refractivity contribution < 1.29 is 4.74 Å². The molecule has 4 nitrogen and oxygen atoms in total. The molecule has 2 heterocycles. The van der Waals surface area contributed by atoms with Crippen molar-refractivity contribution in [2.24, 2.45) is 0 Å². The van der Waals surface area contributed by atoms with E-state index in [1.165, 1.54) is 0 Å². The Morgan fingerprint density at radius 3 is 3.06 bits per heavy atom. The van der Waals surface area contributed by atoms with Crippen molar-refractivity contribution in [1.82, 2.24) is 4.98 Å². The molecule has 0 unspecified atom stereocenters. The van der Waals surface area contributed by atoms with Gasteiger partial charge in [0.2, 0.25) is 0 Å². The molecule has 0 aliphatic carbocycles. The molecule has 0 bridgehead atoms. The number of hydrogen-bond donors (Lipinski definition) is 0. The molecule has 4 heteroatoms. The molecular formula is C12H15N3O. The number of morpholine rings is 1. The monoisotopic (exact) mass is 217 g/mol. The lowest BCUT2D eigenvalue weighted by Gasteiger charge is -2.43. The van der Waals surface area contributed by atoms with Crippen molar-refractivity contribution >= 4 is 5.69 Å². The molecule has 16 heavy (non-hydrogen) atoms. The highest BCUT2D eigenvalue weighted by Crippen LogP contribution is 2.28. The van der Waals surface area contributed by atoms with Gasteiger partial charge in [-0.1, -0.05) is 0 Å². The van der Waals surface area contributed by atoms with Crippen molar-refractivity contribution in [2.75, 3.05) is 24.7 Å². The molecule has 0 saturated carbocycles. The minimum Gasteiger partial charge on any atom is -0.377 e. The normalized spacial score (nSPS) is 19.2. The Bertz CT molecular complexity index is 423. The molecule has 1 aromatic heterocycles. The fourth-order valence-electron chi connectivity index (χ4n) is 2.01. The molecule has 1 fully saturated rings. The van der Waals surface area contributed by atoms with E-state index in [2.05, 4.69) is 29.8 Å². The van der Waals surface area contributed by atoms with E-state index in [-0.39, 0.29) is 5.54 Å². The van der Waals surface area contributed by atoms with Crippen LogP contribution >= 0.6 is 0 Å². The maximum Gasteiger partial charge on any atom is 0.163 e. The van der Waals surface area contributed by atoms with E-state index >= 15 is 0 Å². The maximum absolute atomic E-state index is 9.05. The Morgan fingerprint density at radius 1 is 1.56 bits per heavy atom. The Hall–Kier alpha value is -1.60. The summed E-state index contributed by atoms with van der Waals surface area (Å²) in [6.07, 6.45) is 1.65. The molecule has 1 aliphatic rings. The zero-order valence-corrected chi connectivity index (χ0v) is 9.60. The van der Waals surface area contributed by atoms with Crippen molar-refractivity contribution in [3.8, 4) is 6.07 Å². The molecule has 0 aromatic carbocycles. The number of hydrogen-bond acceptors (Lipinski definition) is 4. The third kappa shape index (κ3) is 1.86. The van der Waals surface area contributed by atoms with Crippen molar-refractivity contribution in [3.05, 3.63) is 24.0 Å². The molecule has 1 aromatic rings. The highest BCUT2D eigenvalue weighted by Gasteiger charge is 2.32. The third-order valence-electron chi connectivity index (χ3n) is 2.83. The number of nitrogens with zero attached hydrogens (tertiary/aromatic N) is 3. The van der Waals surface area contributed by atoms with Crippen LogP contribution in [0.4, 0.5) is 5.69 Å². The van der Waals surface area contributed by atoms with Crippen LogP contribution in [0.25, 0.3) is 0 Å². The van der Waals surface area contributed by atoms with Crippen molar-refractivity contribution in [2.45, 2.75) is 19.4 Å². The summed E-state index contributed by atoms with van der Waals surface area (Å²) in [6.45, 7) is 6.39. The van der Waals surface area contributed by atoms with Gasteiger partial charge in [0.05, 0.1) is 24.4 Å². The summed E-state index contributed by atoms with van der Waals surface area (Å²) in [5.41, 5.74) is 1.29. The number of pyridine rings is 1. The largest absolute Gasteiger partial charge is 0.377 e. The van der Waals surface area contributed by atoms with Crippen LogP contribution in [0.1, 0.15) is 19.5 Å². The van der Waals surface area contributed by atoms with Gasteiger partial charge in [0.1, 0.15) is 6.07 Å². The zero-order chi connectivity index (χ0) is 11.6. The van der Waals surface area contributed by atoms with Gasteiger partial charge in [0.25, 0.3) is 0 Å². The highest BCUT2D eigenvalue weighted by atomic mass is 16.5. The standard InChI is InChI=1S/C12H15N3O/c1-12(2)9-16-7-6-15(12)11-4-3-5-14-10(11)8-13/h3-5H,6-7,9H2,1-2H3. The molecule has 0 radical (unpaired) electrons. The van der Waals surface area contributed by atoms with Crippen LogP contribution < -0.4 is 4.90 Å². The van der Waals surface area contributed by atoms with Crippen LogP contribution in [-0.2, 0) is 4.74 Å². The van der Waals surface area contributed by atoms with E-state index in [0.717, 1.165) is 12.2 Å². The van der Waals surface area contributed by atoms with Gasteiger partial charge in [-0.15, -0.1) is 0 Å². The predicted molar refractivity (Wildman–Crippen MR) is 61.2 cm³/mol. The van der Waals surface area contributed by atoms with Gasteiger partial charge in [-0.05, 0) is 26.0 Å². The van der Waals surface area contributed by atoms with E-state index in [1.807, 2.05) is 12.1 Å². The van der Waals surface area contributed by atoms with Gasteiger partial charge in [-0.2, -0.15) is 5.26 Å². The average molecular weight is 217 g/mol. The SMILES string of the molecule is CC1(C)COCCN1c1cccnc1C#N. The maximum atomic E-state index is 9.05. The van der Waals surface area contributed by atoms with Crippen molar-refractivity contribution in [1.29, 1.82) is 5.26 Å². The molecule has 1 saturated heterocycles. The van der Waals surface area contributed by atoms with Crippen LogP contribution in [0, 0.1) is 11.3 Å². The second-order valence-electron chi connectivity index (χ2n) is 4.50. The Labute approximate surface area is 95.5 Å². The lowest BCUT2D eigenvalue weighted by molar-refractivity contribution is 0.0643. The number of rotatable bonds is 1. The average Bonchev–Trinajstić information content (AvgIpc) is 2.28. The molecule has 0 N–H and O–H groups in total. The smallest absolute Gasteiger partial charge is 0.163 e. The molecule has 0 atom stereocenters. The fraction of sp³-hybridized carbons (Fsp3) is 0.500. The number of ether oxygens (including phenoxy) is 1. The van der Waals surface area contributed by atoms with E-state index in [0.29, 0.717) is 18.9 Å². The zero-order valence-electron chi connectivity index (χ0n) is 9.60. The van der Waals surface area contributed by atoms with E-state index in [9.17, 15) is 0 Å². The topological polar surface area (TPSA) is 49.1 Å². The Morgan fingerprint density at radius 2 is 2.38 bits per heavy atom. The summed E-state index contributed by atoms with van der Waals surface area (Å²) in [5, 5.41) is 9.05. The molecule has 2 rings (SSSR count). The number of nitriles is 1. The van der Waals surface area contributed by atoms with Gasteiger partial charge >= 0.3 is 0 Å². The van der Waals surface area contributed by atoms with Crippen LogP contribution in [0.2, 0.25) is 0 Å². The summed E-state index contributed by atoms with van der Waals surface area (Å²) < 4.78 is 5.46. The fourth-order valence-corrected chi connectivity index (χ4v) is 2.01. The second kappa shape index (κ2) is 4.11. The molecule has 84 valence electrons. The Kier molecular flexibility index (Phi) is 2.80. The van der Waals surface area contributed by atoms with Gasteiger partial charge in [0, 0.05) is 12.7 Å². The highest BCUT2D eigenvalue weighted by molar-refractivity contribution is 5.57. The first-order valence-corrected chi connectivity index (χ1v) is 5.36. The minimum absolute atomic E-state index is 0.0904. The first kappa shape index (κ1) is 10.9. The van der Waals surface area contributed by atoms with E-state index in [1.54, 1.807) is 6.20 Å². The van der Waals surface area contributed by atoms with Gasteiger partial charge in [0.15, 0.2) is 5.69 Å². The first-order chi connectivity index (χ1) is 7.65. The second-order valence-corrected chi connectivity index (χ2v) is 4.50. The lowest BCUT2D eigenvalue weighted by atomic mass is 10.0. The lowest BCUT2D eigenvalue weighted by Crippen LogP contribution is -2.53. The van der Waals surface area contributed by atoms with Gasteiger partial charge < -0.3 is 9.64 Å². The number of anilines is 1. The first-order valence-electron chi connectivity index (χ1n) is 5.36. The van der Waals surface area contributed by atoms with Crippen LogP contribution in [0.3, 0.4) is 0 Å². The Balaban J connectivity index is 2.39. The van der Waals surface area contributed by atoms with E-state index < -0.39 is 0 Å². The molecule has 1 aliphatic heterocycles. The minimum atomic E-state index is -0.0904. The van der Waals surface area contributed by atoms with Crippen LogP contribution in [0.15, 0.2) is 18.3 Å². The molecular weight excluding hydrogens is 202 g/mol. The quantitative estimate of drug-likeness (QED) is 0.716. The summed E-state index contributed by atoms with van der Waals surface area (Å²) in [4.78, 5) is 6.29. The van der Waals surface area contributed by atoms with Crippen LogP contribution in [-0.4, -0.2) is 30.3 Å². The molecule has 0 spiro atoms. The summed E-state index contributed by atoms with van der Waals surface area (Å²) in [7, 11) is 0. The number of aromatic nitrogens is 1. The van der Waals surface area contributed by atoms with E-state index in [4.69, 9.17) is 10.00 Å². The molecule has 0 amide bonds. The summed E-state index contributed by atoms with van der Waals surface area (Å²) in [6, 6.07) is 5.94. The third-order valence-corrected chi connectivity index (χ3v) is 2.83. The summed E-state index contributed by atoms with van der Waals surface area (Å²) in [5.74, 6) is 0. The summed E-state index contributed by atoms with van der Waals surface area (Å²) >= 11 is 0. The van der Waals surface area contributed by atoms with Gasteiger partial charge in [-0.25, -0.2) is 4.98 Å². The van der Waals surface area contributed by atoms with Crippen LogP contribution in [0.5, 0.6) is 0 Å². The van der Waals surface area contributed by atoms with Crippen molar-refractivity contribution in [3.63, 3.8) is 0 Å². The predicted octanol–water partition coefficient (Wildman–Crippen LogP) is 1.57. The van der Waals surface area contributed by atoms with Gasteiger partial charge in [-0.3, -0.25) is 0 Å².